The first-order chi connectivity index (χ1) is 8.05. The number of hydrogen-bond donors (Lipinski definition) is 1. The lowest BCUT2D eigenvalue weighted by molar-refractivity contribution is 0.127. The molecule has 17 heavy (non-hydrogen) atoms. The van der Waals surface area contributed by atoms with Crippen LogP contribution in [-0.2, 0) is 14.8 Å². The van der Waals surface area contributed by atoms with Crippen LogP contribution in [0.25, 0.3) is 0 Å². The molecule has 1 aliphatic rings. The molecule has 94 valence electrons. The number of ether oxygens (including phenoxy) is 1. The van der Waals surface area contributed by atoms with Crippen molar-refractivity contribution in [3.05, 3.63) is 23.5 Å². The molecule has 0 bridgehead atoms. The van der Waals surface area contributed by atoms with Crippen molar-refractivity contribution in [2.75, 3.05) is 17.1 Å². The predicted molar refractivity (Wildman–Crippen MR) is 65.6 cm³/mol. The average Bonchev–Trinajstić information content (AvgIpc) is 2.68. The SMILES string of the molecule is O=S(=O)(CC1CCCO1)Nc1ccnc(Cl)c1. The Bertz CT molecular complexity index is 486. The molecule has 1 unspecified atom stereocenters. The van der Waals surface area contributed by atoms with E-state index in [4.69, 9.17) is 16.3 Å². The van der Waals surface area contributed by atoms with E-state index >= 15 is 0 Å². The van der Waals surface area contributed by atoms with Gasteiger partial charge in [0, 0.05) is 12.8 Å². The second kappa shape index (κ2) is 5.20. The van der Waals surface area contributed by atoms with Crippen molar-refractivity contribution in [3.8, 4) is 0 Å². The lowest BCUT2D eigenvalue weighted by Gasteiger charge is -2.11. The average molecular weight is 277 g/mol. The Balaban J connectivity index is 2.01. The van der Waals surface area contributed by atoms with Crippen LogP contribution in [0.15, 0.2) is 18.3 Å². The van der Waals surface area contributed by atoms with Gasteiger partial charge in [0.05, 0.1) is 17.5 Å². The number of halogens is 1. The zero-order valence-corrected chi connectivity index (χ0v) is 10.7. The molecule has 5 nitrogen and oxygen atoms in total. The molecule has 1 fully saturated rings. The van der Waals surface area contributed by atoms with Crippen LogP contribution in [0, 0.1) is 0 Å². The number of hydrogen-bond acceptors (Lipinski definition) is 4. The summed E-state index contributed by atoms with van der Waals surface area (Å²) in [5.41, 5.74) is 0.419. The molecule has 0 aliphatic carbocycles. The van der Waals surface area contributed by atoms with Crippen molar-refractivity contribution in [1.29, 1.82) is 0 Å². The van der Waals surface area contributed by atoms with E-state index in [0.29, 0.717) is 12.3 Å². The smallest absolute Gasteiger partial charge is 0.235 e. The van der Waals surface area contributed by atoms with E-state index < -0.39 is 10.0 Å². The number of nitrogens with zero attached hydrogens (tertiary/aromatic N) is 1. The molecule has 1 aliphatic heterocycles. The van der Waals surface area contributed by atoms with E-state index in [1.807, 2.05) is 0 Å². The van der Waals surface area contributed by atoms with Crippen LogP contribution in [0.3, 0.4) is 0 Å². The number of nitrogens with one attached hydrogen (secondary N) is 1. The monoisotopic (exact) mass is 276 g/mol. The molecule has 2 rings (SSSR count). The van der Waals surface area contributed by atoms with Crippen LogP contribution in [0.2, 0.25) is 5.15 Å². The fourth-order valence-electron chi connectivity index (χ4n) is 1.71. The fourth-order valence-corrected chi connectivity index (χ4v) is 3.20. The van der Waals surface area contributed by atoms with Crippen LogP contribution in [0.5, 0.6) is 0 Å². The number of aromatic nitrogens is 1. The molecule has 0 amide bonds. The van der Waals surface area contributed by atoms with Crippen LogP contribution >= 0.6 is 11.6 Å². The maximum absolute atomic E-state index is 11.8. The van der Waals surface area contributed by atoms with Gasteiger partial charge in [-0.2, -0.15) is 0 Å². The third-order valence-corrected chi connectivity index (χ3v) is 3.99. The molecule has 1 N–H and O–H groups in total. The van der Waals surface area contributed by atoms with Gasteiger partial charge >= 0.3 is 0 Å². The molecule has 1 aromatic rings. The highest BCUT2D eigenvalue weighted by molar-refractivity contribution is 7.92. The molecule has 0 radical (unpaired) electrons. The Morgan fingerprint density at radius 3 is 3.06 bits per heavy atom. The fraction of sp³-hybridized carbons (Fsp3) is 0.500. The van der Waals surface area contributed by atoms with Gasteiger partial charge in [-0.05, 0) is 25.0 Å². The standard InChI is InChI=1S/C10H13ClN2O3S/c11-10-6-8(3-4-12-10)13-17(14,15)7-9-2-1-5-16-9/h3-4,6,9H,1-2,5,7H2,(H,12,13). The summed E-state index contributed by atoms with van der Waals surface area (Å²) in [6.45, 7) is 0.640. The summed E-state index contributed by atoms with van der Waals surface area (Å²) >= 11 is 5.67. The van der Waals surface area contributed by atoms with Gasteiger partial charge in [0.1, 0.15) is 5.15 Å². The van der Waals surface area contributed by atoms with Crippen LogP contribution < -0.4 is 4.72 Å². The minimum atomic E-state index is -3.40. The van der Waals surface area contributed by atoms with Gasteiger partial charge in [0.15, 0.2) is 0 Å². The Kier molecular flexibility index (Phi) is 3.86. The lowest BCUT2D eigenvalue weighted by Crippen LogP contribution is -2.25. The number of anilines is 1. The Labute approximate surface area is 105 Å². The summed E-state index contributed by atoms with van der Waals surface area (Å²) in [7, 11) is -3.40. The van der Waals surface area contributed by atoms with Crippen molar-refractivity contribution >= 4 is 27.3 Å². The summed E-state index contributed by atoms with van der Waals surface area (Å²) in [5, 5.41) is 0.252. The maximum atomic E-state index is 11.8. The summed E-state index contributed by atoms with van der Waals surface area (Å²) in [5.74, 6) is -0.0209. The predicted octanol–water partition coefficient (Wildman–Crippen LogP) is 1.66. The topological polar surface area (TPSA) is 68.3 Å². The molecule has 1 aromatic heterocycles. The van der Waals surface area contributed by atoms with Crippen LogP contribution in [0.4, 0.5) is 5.69 Å². The van der Waals surface area contributed by atoms with E-state index in [1.54, 1.807) is 6.07 Å². The molecule has 1 saturated heterocycles. The van der Waals surface area contributed by atoms with Crippen LogP contribution in [-0.4, -0.2) is 31.9 Å². The molecule has 2 heterocycles. The van der Waals surface area contributed by atoms with E-state index in [-0.39, 0.29) is 17.0 Å². The zero-order valence-electron chi connectivity index (χ0n) is 9.10. The molecular weight excluding hydrogens is 264 g/mol. The normalized spacial score (nSPS) is 20.4. The molecule has 1 atom stereocenters. The highest BCUT2D eigenvalue weighted by Crippen LogP contribution is 2.17. The van der Waals surface area contributed by atoms with Crippen molar-refractivity contribution in [3.63, 3.8) is 0 Å². The largest absolute Gasteiger partial charge is 0.377 e. The maximum Gasteiger partial charge on any atom is 0.235 e. The number of rotatable bonds is 4. The van der Waals surface area contributed by atoms with E-state index in [9.17, 15) is 8.42 Å². The zero-order chi connectivity index (χ0) is 12.3. The van der Waals surface area contributed by atoms with Gasteiger partial charge < -0.3 is 4.74 Å². The van der Waals surface area contributed by atoms with E-state index in [0.717, 1.165) is 12.8 Å². The van der Waals surface area contributed by atoms with E-state index in [2.05, 4.69) is 9.71 Å². The minimum absolute atomic E-state index is 0.0209. The van der Waals surface area contributed by atoms with Crippen molar-refractivity contribution < 1.29 is 13.2 Å². The molecule has 7 heteroatoms. The molecule has 0 saturated carbocycles. The van der Waals surface area contributed by atoms with Gasteiger partial charge in [-0.15, -0.1) is 0 Å². The van der Waals surface area contributed by atoms with Gasteiger partial charge in [0.25, 0.3) is 0 Å². The van der Waals surface area contributed by atoms with Crippen LogP contribution in [0.1, 0.15) is 12.8 Å². The summed E-state index contributed by atoms with van der Waals surface area (Å²) in [6, 6.07) is 3.02. The summed E-state index contributed by atoms with van der Waals surface area (Å²) in [6.07, 6.45) is 2.95. The highest BCUT2D eigenvalue weighted by atomic mass is 35.5. The van der Waals surface area contributed by atoms with Gasteiger partial charge in [0.2, 0.25) is 10.0 Å². The third kappa shape index (κ3) is 3.83. The minimum Gasteiger partial charge on any atom is -0.377 e. The van der Waals surface area contributed by atoms with Gasteiger partial charge in [-0.1, -0.05) is 11.6 Å². The molecule has 0 aromatic carbocycles. The first-order valence-electron chi connectivity index (χ1n) is 5.29. The Morgan fingerprint density at radius 1 is 1.59 bits per heavy atom. The second-order valence-corrected chi connectivity index (χ2v) is 6.04. The first-order valence-corrected chi connectivity index (χ1v) is 7.32. The van der Waals surface area contributed by atoms with Gasteiger partial charge in [-0.3, -0.25) is 4.72 Å². The Hall–Kier alpha value is -0.850. The number of sulfonamides is 1. The van der Waals surface area contributed by atoms with E-state index in [1.165, 1.54) is 12.3 Å². The quantitative estimate of drug-likeness (QED) is 0.849. The summed E-state index contributed by atoms with van der Waals surface area (Å²) in [4.78, 5) is 3.78. The lowest BCUT2D eigenvalue weighted by atomic mass is 10.3. The van der Waals surface area contributed by atoms with Crippen molar-refractivity contribution in [2.45, 2.75) is 18.9 Å². The number of pyridine rings is 1. The molecule has 0 spiro atoms. The Morgan fingerprint density at radius 2 is 2.41 bits per heavy atom. The highest BCUT2D eigenvalue weighted by Gasteiger charge is 2.23. The van der Waals surface area contributed by atoms with Crippen molar-refractivity contribution in [2.24, 2.45) is 0 Å². The molecular formula is C10H13ClN2O3S. The third-order valence-electron chi connectivity index (χ3n) is 2.43. The first kappa shape index (κ1) is 12.6. The second-order valence-electron chi connectivity index (χ2n) is 3.89. The van der Waals surface area contributed by atoms with Gasteiger partial charge in [-0.25, -0.2) is 13.4 Å². The van der Waals surface area contributed by atoms with Crippen molar-refractivity contribution in [1.82, 2.24) is 4.98 Å². The summed E-state index contributed by atoms with van der Waals surface area (Å²) < 4.78 is 31.4.